The van der Waals surface area contributed by atoms with Gasteiger partial charge in [-0.15, -0.1) is 0 Å². The average Bonchev–Trinajstić information content (AvgIpc) is 3.17. The molecule has 0 radical (unpaired) electrons. The molecule has 0 fully saturated rings. The van der Waals surface area contributed by atoms with Gasteiger partial charge < -0.3 is 0 Å². The Morgan fingerprint density at radius 1 is 0.208 bits per heavy atom. The van der Waals surface area contributed by atoms with Crippen molar-refractivity contribution in [2.45, 2.75) is 0 Å². The molecule has 0 unspecified atom stereocenters. The summed E-state index contributed by atoms with van der Waals surface area (Å²) in [5.41, 5.74) is 12.4. The molecule has 0 saturated carbocycles. The van der Waals surface area contributed by atoms with Crippen LogP contribution in [0.15, 0.2) is 194 Å². The average molecular weight is 609 g/mol. The molecule has 48 heavy (non-hydrogen) atoms. The third-order valence-corrected chi connectivity index (χ3v) is 9.62. The van der Waals surface area contributed by atoms with Crippen LogP contribution in [0.25, 0.3) is 88.0 Å². The summed E-state index contributed by atoms with van der Waals surface area (Å²) in [6.07, 6.45) is 0. The molecule has 0 spiro atoms. The van der Waals surface area contributed by atoms with Gasteiger partial charge in [0.05, 0.1) is 0 Å². The van der Waals surface area contributed by atoms with E-state index in [1.165, 1.54) is 88.0 Å². The Bertz CT molecular complexity index is 2460. The first-order valence-corrected chi connectivity index (χ1v) is 16.6. The Balaban J connectivity index is 1.30. The number of hydrogen-bond donors (Lipinski definition) is 0. The van der Waals surface area contributed by atoms with Crippen LogP contribution in [-0.2, 0) is 0 Å². The van der Waals surface area contributed by atoms with Gasteiger partial charge in [-0.2, -0.15) is 0 Å². The second-order valence-corrected chi connectivity index (χ2v) is 12.5. The molecule has 0 saturated heterocycles. The van der Waals surface area contributed by atoms with Crippen LogP contribution in [-0.4, -0.2) is 0 Å². The SMILES string of the molecule is c1ccc(-c2cc(-c3ccccc3)cc(-c3cccc4ccc(-c5c6ccccc6c(-c6ccccc6)c6ccccc56)cc34)c2)cc1. The molecule has 0 aliphatic carbocycles. The quantitative estimate of drug-likeness (QED) is 0.171. The minimum absolute atomic E-state index is 1.21. The summed E-state index contributed by atoms with van der Waals surface area (Å²) in [6.45, 7) is 0. The normalized spacial score (nSPS) is 11.3. The van der Waals surface area contributed by atoms with Crippen LogP contribution in [0.4, 0.5) is 0 Å². The third kappa shape index (κ3) is 4.87. The van der Waals surface area contributed by atoms with Gasteiger partial charge in [-0.3, -0.25) is 0 Å². The van der Waals surface area contributed by atoms with E-state index >= 15 is 0 Å². The first-order valence-electron chi connectivity index (χ1n) is 16.6. The Morgan fingerprint density at radius 2 is 0.646 bits per heavy atom. The molecule has 9 aromatic rings. The largest absolute Gasteiger partial charge is 0.0622 e. The molecule has 0 aromatic heterocycles. The molecule has 0 amide bonds. The molecule has 9 rings (SSSR count). The van der Waals surface area contributed by atoms with E-state index in [1.807, 2.05) is 0 Å². The van der Waals surface area contributed by atoms with Gasteiger partial charge >= 0.3 is 0 Å². The van der Waals surface area contributed by atoms with E-state index in [2.05, 4.69) is 194 Å². The lowest BCUT2D eigenvalue weighted by Gasteiger charge is -2.18. The van der Waals surface area contributed by atoms with E-state index in [9.17, 15) is 0 Å². The molecule has 0 bridgehead atoms. The van der Waals surface area contributed by atoms with E-state index in [-0.39, 0.29) is 0 Å². The van der Waals surface area contributed by atoms with Crippen molar-refractivity contribution < 1.29 is 0 Å². The molecule has 0 heterocycles. The fourth-order valence-corrected chi connectivity index (χ4v) is 7.41. The molecule has 0 atom stereocenters. The zero-order chi connectivity index (χ0) is 31.9. The first kappa shape index (κ1) is 28.0. The van der Waals surface area contributed by atoms with Crippen molar-refractivity contribution in [1.82, 2.24) is 0 Å². The molecule has 9 aromatic carbocycles. The minimum Gasteiger partial charge on any atom is -0.0622 e. The van der Waals surface area contributed by atoms with Crippen LogP contribution < -0.4 is 0 Å². The van der Waals surface area contributed by atoms with Crippen LogP contribution in [0.1, 0.15) is 0 Å². The molecule has 0 aliphatic heterocycles. The van der Waals surface area contributed by atoms with Crippen molar-refractivity contribution in [2.75, 3.05) is 0 Å². The smallest absolute Gasteiger partial charge is 0.00261 e. The Kier molecular flexibility index (Phi) is 6.91. The molecule has 0 heteroatoms. The van der Waals surface area contributed by atoms with Gasteiger partial charge in [0.2, 0.25) is 0 Å². The predicted octanol–water partition coefficient (Wildman–Crippen LogP) is 13.5. The fourth-order valence-electron chi connectivity index (χ4n) is 7.41. The summed E-state index contributed by atoms with van der Waals surface area (Å²) in [7, 11) is 0. The van der Waals surface area contributed by atoms with Gasteiger partial charge in [-0.1, -0.05) is 170 Å². The number of fused-ring (bicyclic) bond motifs is 3. The molecular weight excluding hydrogens is 577 g/mol. The monoisotopic (exact) mass is 608 g/mol. The highest BCUT2D eigenvalue weighted by atomic mass is 14.2. The van der Waals surface area contributed by atoms with Gasteiger partial charge in [-0.25, -0.2) is 0 Å². The second-order valence-electron chi connectivity index (χ2n) is 12.5. The topological polar surface area (TPSA) is 0 Å². The van der Waals surface area contributed by atoms with E-state index < -0.39 is 0 Å². The highest BCUT2D eigenvalue weighted by molar-refractivity contribution is 6.22. The molecule has 0 N–H and O–H groups in total. The van der Waals surface area contributed by atoms with E-state index in [4.69, 9.17) is 0 Å². The maximum atomic E-state index is 2.42. The molecule has 0 nitrogen and oxygen atoms in total. The number of hydrogen-bond acceptors (Lipinski definition) is 0. The van der Waals surface area contributed by atoms with Crippen molar-refractivity contribution in [2.24, 2.45) is 0 Å². The van der Waals surface area contributed by atoms with Crippen molar-refractivity contribution >= 4 is 32.3 Å². The van der Waals surface area contributed by atoms with Crippen LogP contribution >= 0.6 is 0 Å². The standard InChI is InChI=1S/C48H32/c1-4-15-33(16-5-1)38-29-39(34-17-6-2-7-18-34)31-40(30-38)41-26-14-21-35-27-28-37(32-46(35)41)48-44-24-12-10-22-42(44)47(36-19-8-3-9-20-36)43-23-11-13-25-45(43)48/h1-32H. The fraction of sp³-hybridized carbons (Fsp3) is 0. The summed E-state index contributed by atoms with van der Waals surface area (Å²) in [6, 6.07) is 70.8. The highest BCUT2D eigenvalue weighted by Crippen LogP contribution is 2.45. The van der Waals surface area contributed by atoms with Crippen molar-refractivity contribution in [1.29, 1.82) is 0 Å². The van der Waals surface area contributed by atoms with E-state index in [1.54, 1.807) is 0 Å². The van der Waals surface area contributed by atoms with Gasteiger partial charge in [0.1, 0.15) is 0 Å². The number of rotatable bonds is 5. The Morgan fingerprint density at radius 3 is 1.17 bits per heavy atom. The Labute approximate surface area is 281 Å². The van der Waals surface area contributed by atoms with Crippen molar-refractivity contribution in [3.63, 3.8) is 0 Å². The van der Waals surface area contributed by atoms with Crippen LogP contribution in [0.5, 0.6) is 0 Å². The van der Waals surface area contributed by atoms with Crippen LogP contribution in [0.3, 0.4) is 0 Å². The second kappa shape index (κ2) is 11.8. The van der Waals surface area contributed by atoms with Gasteiger partial charge in [0.25, 0.3) is 0 Å². The molecule has 224 valence electrons. The summed E-state index contributed by atoms with van der Waals surface area (Å²) >= 11 is 0. The van der Waals surface area contributed by atoms with Crippen LogP contribution in [0, 0.1) is 0 Å². The lowest BCUT2D eigenvalue weighted by molar-refractivity contribution is 1.57. The minimum atomic E-state index is 1.21. The summed E-state index contributed by atoms with van der Waals surface area (Å²) in [5, 5.41) is 7.56. The Hall–Kier alpha value is -6.24. The van der Waals surface area contributed by atoms with Crippen LogP contribution in [0.2, 0.25) is 0 Å². The lowest BCUT2D eigenvalue weighted by Crippen LogP contribution is -1.91. The predicted molar refractivity (Wildman–Crippen MR) is 206 cm³/mol. The van der Waals surface area contributed by atoms with Gasteiger partial charge in [0, 0.05) is 0 Å². The van der Waals surface area contributed by atoms with Gasteiger partial charge in [0.15, 0.2) is 0 Å². The highest BCUT2D eigenvalue weighted by Gasteiger charge is 2.17. The van der Waals surface area contributed by atoms with E-state index in [0.717, 1.165) is 0 Å². The summed E-state index contributed by atoms with van der Waals surface area (Å²) in [5.74, 6) is 0. The zero-order valence-corrected chi connectivity index (χ0v) is 26.5. The van der Waals surface area contributed by atoms with E-state index in [0.29, 0.717) is 0 Å². The molecular formula is C48H32. The van der Waals surface area contributed by atoms with Gasteiger partial charge in [-0.05, 0) is 112 Å². The lowest BCUT2D eigenvalue weighted by atomic mass is 9.85. The maximum Gasteiger partial charge on any atom is -0.00261 e. The summed E-state index contributed by atoms with van der Waals surface area (Å²) < 4.78 is 0. The van der Waals surface area contributed by atoms with Crippen molar-refractivity contribution in [3.8, 4) is 55.6 Å². The molecule has 0 aliphatic rings. The first-order chi connectivity index (χ1) is 23.8. The summed E-state index contributed by atoms with van der Waals surface area (Å²) in [4.78, 5) is 0. The number of benzene rings is 9. The maximum absolute atomic E-state index is 2.42. The third-order valence-electron chi connectivity index (χ3n) is 9.62. The zero-order valence-electron chi connectivity index (χ0n) is 26.5. The van der Waals surface area contributed by atoms with Crippen molar-refractivity contribution in [3.05, 3.63) is 194 Å².